The second-order valence-corrected chi connectivity index (χ2v) is 11.0. The van der Waals surface area contributed by atoms with Crippen LogP contribution < -0.4 is 0 Å². The predicted octanol–water partition coefficient (Wildman–Crippen LogP) is 1.90. The molecule has 180 valence electrons. The van der Waals surface area contributed by atoms with E-state index in [2.05, 4.69) is 124 Å². The largest absolute Gasteiger partial charge is 5.00 e. The van der Waals surface area contributed by atoms with Crippen LogP contribution in [-0.2, 0) is 85.5 Å². The first-order chi connectivity index (χ1) is 13.2. The predicted molar refractivity (Wildman–Crippen MR) is 168 cm³/mol. The van der Waals surface area contributed by atoms with Crippen molar-refractivity contribution in [2.24, 2.45) is 0 Å². The topological polar surface area (TPSA) is 16.2 Å². The van der Waals surface area contributed by atoms with Crippen molar-refractivity contribution in [3.8, 4) is 0 Å². The maximum Gasteiger partial charge on any atom is 5.00 e. The minimum atomic E-state index is 0. The maximum absolute atomic E-state index is 4.56. The Morgan fingerprint density at radius 1 is 0.355 bits per heavy atom. The van der Waals surface area contributed by atoms with Gasteiger partial charge in [0.2, 0.25) is 0 Å². The molecule has 0 saturated carbocycles. The molecule has 16 heteroatoms. The van der Waals surface area contributed by atoms with Crippen molar-refractivity contribution in [3.05, 3.63) is 0 Å². The van der Waals surface area contributed by atoms with Gasteiger partial charge in [0.05, 0.1) is 0 Å². The van der Waals surface area contributed by atoms with Crippen LogP contribution in [0.2, 0.25) is 0 Å². The van der Waals surface area contributed by atoms with Crippen molar-refractivity contribution in [2.75, 3.05) is 70.5 Å². The molecular weight excluding hydrogens is 752 g/mol. The summed E-state index contributed by atoms with van der Waals surface area (Å²) in [7, 11) is 18.3. The van der Waals surface area contributed by atoms with Crippen molar-refractivity contribution in [1.82, 2.24) is 24.5 Å². The van der Waals surface area contributed by atoms with Gasteiger partial charge in [-0.15, -0.1) is 0 Å². The van der Waals surface area contributed by atoms with E-state index in [1.807, 2.05) is 70.5 Å². The Bertz CT molecular complexity index is 410. The molecule has 0 spiro atoms. The summed E-state index contributed by atoms with van der Waals surface area (Å²) in [5.74, 6) is 0. The van der Waals surface area contributed by atoms with Crippen LogP contribution in [0.4, 0.5) is 0 Å². The van der Waals surface area contributed by atoms with Gasteiger partial charge in [0.15, 0.2) is 0 Å². The molecule has 0 aromatic heterocycles. The second-order valence-electron chi connectivity index (χ2n) is 5.80. The van der Waals surface area contributed by atoms with Gasteiger partial charge in [-0.3, -0.25) is 0 Å². The van der Waals surface area contributed by atoms with E-state index in [-0.39, 0.29) is 22.4 Å². The van der Waals surface area contributed by atoms with Crippen LogP contribution in [0, 0.1) is 0 Å². The fourth-order valence-corrected chi connectivity index (χ4v) is 0. The summed E-state index contributed by atoms with van der Waals surface area (Å²) in [6, 6.07) is 0. The molecule has 0 rings (SSSR count). The molecule has 31 heavy (non-hydrogen) atoms. The third kappa shape index (κ3) is 59.2. The molecule has 0 amide bonds. The molecule has 0 aliphatic heterocycles. The summed E-state index contributed by atoms with van der Waals surface area (Å²) in [4.78, 5) is 8.56. The van der Waals surface area contributed by atoms with Crippen LogP contribution in [0.25, 0.3) is 0 Å². The number of hydrogen-bond donors (Lipinski definition) is 0. The Labute approximate surface area is 260 Å². The molecule has 0 unspecified atom stereocenters. The summed E-state index contributed by atoms with van der Waals surface area (Å²) in [5, 5.41) is 0. The van der Waals surface area contributed by atoms with E-state index in [1.165, 1.54) is 0 Å². The van der Waals surface area contributed by atoms with E-state index in [0.717, 1.165) is 0 Å². The van der Waals surface area contributed by atoms with E-state index in [1.54, 1.807) is 24.5 Å². The maximum atomic E-state index is 4.56. The van der Waals surface area contributed by atoms with Crippen molar-refractivity contribution in [1.29, 1.82) is 0 Å². The van der Waals surface area contributed by atoms with Crippen LogP contribution >= 0.6 is 61.1 Å². The first kappa shape index (κ1) is 45.7. The first-order valence-electron chi connectivity index (χ1n) is 7.63. The van der Waals surface area contributed by atoms with Gasteiger partial charge >= 0.3 is 22.4 Å². The quantitative estimate of drug-likeness (QED) is 0.263. The molecule has 0 aliphatic carbocycles. The Balaban J connectivity index is -0.0000000625. The van der Waals surface area contributed by atoms with E-state index >= 15 is 0 Å². The van der Waals surface area contributed by atoms with Gasteiger partial charge < -0.3 is 149 Å². The van der Waals surface area contributed by atoms with Crippen LogP contribution in [0.15, 0.2) is 0 Å². The first-order valence-corrected chi connectivity index (χ1v) is 11.7. The van der Waals surface area contributed by atoms with E-state index in [0.29, 0.717) is 21.6 Å². The molecule has 0 saturated heterocycles. The van der Waals surface area contributed by atoms with Gasteiger partial charge in [0.1, 0.15) is 0 Å². The van der Waals surface area contributed by atoms with Crippen LogP contribution in [-0.4, -0.2) is 117 Å². The molecule has 0 bridgehead atoms. The molecule has 0 aliphatic rings. The SMILES string of the molecule is CN(C)C(=S)[S-].CN(C)C(=S)[S-].CN(C)C(=S)[S-].CN(C)C(=S)[S-].CN(C)C(=S)[S-].[Ta+5]. The molecule has 0 aromatic carbocycles. The van der Waals surface area contributed by atoms with Crippen molar-refractivity contribution >= 4 is 146 Å². The standard InChI is InChI=1S/5C3H7NS2.Ta/c5*1-4(2)3(5)6;/h5*1-2H3,(H,5,6);/q;;;;;+5/p-5. The van der Waals surface area contributed by atoms with Gasteiger partial charge in [-0.25, -0.2) is 0 Å². The third-order valence-corrected chi connectivity index (χ3v) is 5.48. The minimum absolute atomic E-state index is 0. The van der Waals surface area contributed by atoms with Crippen LogP contribution in [0.1, 0.15) is 0 Å². The fourth-order valence-electron chi connectivity index (χ4n) is 0. The molecule has 0 fully saturated rings. The van der Waals surface area contributed by atoms with Crippen molar-refractivity contribution in [3.63, 3.8) is 0 Å². The van der Waals surface area contributed by atoms with E-state index < -0.39 is 0 Å². The normalized spacial score (nSPS) is 7.42. The summed E-state index contributed by atoms with van der Waals surface area (Å²) in [5.41, 5.74) is 0. The van der Waals surface area contributed by atoms with E-state index in [9.17, 15) is 0 Å². The van der Waals surface area contributed by atoms with Crippen LogP contribution in [0.3, 0.4) is 0 Å². The Morgan fingerprint density at radius 3 is 0.387 bits per heavy atom. The minimum Gasteiger partial charge on any atom is -0.411 e. The molecular formula is C15H30N5S10Ta. The summed E-state index contributed by atoms with van der Waals surface area (Å²) >= 11 is 45.6. The van der Waals surface area contributed by atoms with E-state index in [4.69, 9.17) is 0 Å². The van der Waals surface area contributed by atoms with Gasteiger partial charge in [-0.1, -0.05) is 21.6 Å². The van der Waals surface area contributed by atoms with Gasteiger partial charge in [0.25, 0.3) is 0 Å². The molecule has 0 aromatic rings. The fraction of sp³-hybridized carbons (Fsp3) is 0.667. The number of thiocarbonyl (C=S) groups is 5. The van der Waals surface area contributed by atoms with Gasteiger partial charge in [-0.05, 0) is 0 Å². The average molecular weight is 782 g/mol. The molecule has 5 nitrogen and oxygen atoms in total. The Kier molecular flexibility index (Phi) is 43.3. The molecule has 0 atom stereocenters. The molecule has 0 N–H and O–H groups in total. The summed E-state index contributed by atoms with van der Waals surface area (Å²) in [6.07, 6.45) is 0. The third-order valence-electron chi connectivity index (χ3n) is 1.83. The smallest absolute Gasteiger partial charge is 0.411 e. The number of hydrogen-bond acceptors (Lipinski definition) is 10. The number of rotatable bonds is 0. The number of nitrogens with zero attached hydrogens (tertiary/aromatic N) is 5. The zero-order valence-electron chi connectivity index (χ0n) is 19.3. The van der Waals surface area contributed by atoms with Crippen molar-refractivity contribution < 1.29 is 22.4 Å². The zero-order chi connectivity index (χ0) is 25.8. The Morgan fingerprint density at radius 2 is 0.387 bits per heavy atom. The second kappa shape index (κ2) is 29.3. The summed E-state index contributed by atoms with van der Waals surface area (Å²) in [6.45, 7) is 0. The monoisotopic (exact) mass is 781 g/mol. The molecule has 0 radical (unpaired) electrons. The Hall–Kier alpha value is 1.29. The zero-order valence-corrected chi connectivity index (χ0v) is 30.6. The molecule has 0 heterocycles. The van der Waals surface area contributed by atoms with Crippen LogP contribution in [0.5, 0.6) is 0 Å². The average Bonchev–Trinajstić information content (AvgIpc) is 2.56. The van der Waals surface area contributed by atoms with Gasteiger partial charge in [-0.2, -0.15) is 0 Å². The summed E-state index contributed by atoms with van der Waals surface area (Å²) < 4.78 is 2.55. The van der Waals surface area contributed by atoms with Gasteiger partial charge in [0, 0.05) is 70.5 Å². The van der Waals surface area contributed by atoms with Crippen molar-refractivity contribution in [2.45, 2.75) is 0 Å².